The Morgan fingerprint density at radius 3 is 2.88 bits per heavy atom. The number of carbonyl (C=O) groups excluding carboxylic acids is 1. The van der Waals surface area contributed by atoms with Gasteiger partial charge in [0.2, 0.25) is 5.91 Å². The SMILES string of the molecule is CC1CN(C)CCC1NC(=O)[C@H]1CCCN1. The van der Waals surface area contributed by atoms with Gasteiger partial charge in [-0.05, 0) is 45.3 Å². The predicted molar refractivity (Wildman–Crippen MR) is 64.2 cm³/mol. The third-order valence-corrected chi connectivity index (χ3v) is 3.81. The minimum Gasteiger partial charge on any atom is -0.352 e. The Kier molecular flexibility index (Phi) is 3.82. The molecule has 1 amide bonds. The minimum atomic E-state index is 0.0619. The summed E-state index contributed by atoms with van der Waals surface area (Å²) in [5.74, 6) is 0.767. The van der Waals surface area contributed by atoms with Crippen molar-refractivity contribution in [1.82, 2.24) is 15.5 Å². The molecule has 2 rings (SSSR count). The summed E-state index contributed by atoms with van der Waals surface area (Å²) in [6, 6.07) is 0.429. The fraction of sp³-hybridized carbons (Fsp3) is 0.917. The van der Waals surface area contributed by atoms with E-state index in [2.05, 4.69) is 29.5 Å². The summed E-state index contributed by atoms with van der Waals surface area (Å²) in [4.78, 5) is 14.3. The van der Waals surface area contributed by atoms with Crippen LogP contribution in [0, 0.1) is 5.92 Å². The van der Waals surface area contributed by atoms with E-state index in [9.17, 15) is 4.79 Å². The van der Waals surface area contributed by atoms with E-state index in [1.807, 2.05) is 0 Å². The van der Waals surface area contributed by atoms with E-state index < -0.39 is 0 Å². The molecule has 4 nitrogen and oxygen atoms in total. The van der Waals surface area contributed by atoms with Crippen LogP contribution in [0.25, 0.3) is 0 Å². The number of nitrogens with zero attached hydrogens (tertiary/aromatic N) is 1. The monoisotopic (exact) mass is 225 g/mol. The van der Waals surface area contributed by atoms with Gasteiger partial charge in [-0.15, -0.1) is 0 Å². The number of carbonyl (C=O) groups is 1. The van der Waals surface area contributed by atoms with Gasteiger partial charge in [0.15, 0.2) is 0 Å². The van der Waals surface area contributed by atoms with Crippen molar-refractivity contribution in [3.8, 4) is 0 Å². The molecule has 0 radical (unpaired) electrons. The van der Waals surface area contributed by atoms with E-state index in [4.69, 9.17) is 0 Å². The molecule has 2 unspecified atom stereocenters. The molecule has 2 aliphatic rings. The summed E-state index contributed by atoms with van der Waals surface area (Å²) in [5.41, 5.74) is 0. The first-order chi connectivity index (χ1) is 7.66. The molecule has 0 aliphatic carbocycles. The summed E-state index contributed by atoms with van der Waals surface area (Å²) >= 11 is 0. The molecule has 2 saturated heterocycles. The zero-order chi connectivity index (χ0) is 11.5. The van der Waals surface area contributed by atoms with Gasteiger partial charge in [0.05, 0.1) is 6.04 Å². The molecule has 0 spiro atoms. The molecule has 0 aromatic rings. The Labute approximate surface area is 97.8 Å². The largest absolute Gasteiger partial charge is 0.352 e. The lowest BCUT2D eigenvalue weighted by molar-refractivity contribution is -0.124. The van der Waals surface area contributed by atoms with Crippen LogP contribution in [0.15, 0.2) is 0 Å². The maximum absolute atomic E-state index is 12.0. The lowest BCUT2D eigenvalue weighted by atomic mass is 9.94. The number of piperidine rings is 1. The number of rotatable bonds is 2. The summed E-state index contributed by atoms with van der Waals surface area (Å²) in [6.45, 7) is 5.39. The molecule has 0 aromatic carbocycles. The maximum Gasteiger partial charge on any atom is 0.237 e. The number of likely N-dealkylation sites (tertiary alicyclic amines) is 1. The lowest BCUT2D eigenvalue weighted by Crippen LogP contribution is -2.52. The molecule has 2 fully saturated rings. The van der Waals surface area contributed by atoms with Gasteiger partial charge in [-0.2, -0.15) is 0 Å². The second kappa shape index (κ2) is 5.15. The summed E-state index contributed by atoms with van der Waals surface area (Å²) in [5, 5.41) is 6.45. The number of hydrogen-bond acceptors (Lipinski definition) is 3. The molecular weight excluding hydrogens is 202 g/mol. The summed E-state index contributed by atoms with van der Waals surface area (Å²) < 4.78 is 0. The van der Waals surface area contributed by atoms with Gasteiger partial charge in [-0.1, -0.05) is 6.92 Å². The van der Waals surface area contributed by atoms with Crippen LogP contribution in [0.4, 0.5) is 0 Å². The van der Waals surface area contributed by atoms with Crippen molar-refractivity contribution in [2.45, 2.75) is 38.3 Å². The van der Waals surface area contributed by atoms with Crippen molar-refractivity contribution in [3.05, 3.63) is 0 Å². The third-order valence-electron chi connectivity index (χ3n) is 3.81. The van der Waals surface area contributed by atoms with Crippen LogP contribution < -0.4 is 10.6 Å². The first-order valence-electron chi connectivity index (χ1n) is 6.39. The Morgan fingerprint density at radius 2 is 2.25 bits per heavy atom. The van der Waals surface area contributed by atoms with Crippen LogP contribution in [-0.2, 0) is 4.79 Å². The van der Waals surface area contributed by atoms with Gasteiger partial charge in [-0.3, -0.25) is 4.79 Å². The zero-order valence-corrected chi connectivity index (χ0v) is 10.3. The van der Waals surface area contributed by atoms with E-state index in [1.165, 1.54) is 0 Å². The van der Waals surface area contributed by atoms with Crippen LogP contribution >= 0.6 is 0 Å². The van der Waals surface area contributed by atoms with Crippen LogP contribution in [0.5, 0.6) is 0 Å². The Hall–Kier alpha value is -0.610. The predicted octanol–water partition coefficient (Wildman–Crippen LogP) is 0.195. The maximum atomic E-state index is 12.0. The summed E-state index contributed by atoms with van der Waals surface area (Å²) in [7, 11) is 2.15. The molecular formula is C12H23N3O. The standard InChI is InChI=1S/C12H23N3O/c1-9-8-15(2)7-5-10(9)14-12(16)11-4-3-6-13-11/h9-11,13H,3-8H2,1-2H3,(H,14,16)/t9?,10?,11-/m1/s1. The van der Waals surface area contributed by atoms with E-state index in [0.29, 0.717) is 12.0 Å². The third kappa shape index (κ3) is 2.74. The highest BCUT2D eigenvalue weighted by atomic mass is 16.2. The van der Waals surface area contributed by atoms with E-state index >= 15 is 0 Å². The van der Waals surface area contributed by atoms with Crippen molar-refractivity contribution in [2.75, 3.05) is 26.7 Å². The van der Waals surface area contributed by atoms with Gasteiger partial charge >= 0.3 is 0 Å². The lowest BCUT2D eigenvalue weighted by Gasteiger charge is -2.35. The molecule has 2 aliphatic heterocycles. The first-order valence-corrected chi connectivity index (χ1v) is 6.39. The van der Waals surface area contributed by atoms with Crippen LogP contribution in [0.1, 0.15) is 26.2 Å². The minimum absolute atomic E-state index is 0.0619. The Bertz CT molecular complexity index is 251. The average molecular weight is 225 g/mol. The second-order valence-corrected chi connectivity index (χ2v) is 5.29. The molecule has 0 bridgehead atoms. The van der Waals surface area contributed by atoms with Crippen LogP contribution in [0.2, 0.25) is 0 Å². The Morgan fingerprint density at radius 1 is 1.44 bits per heavy atom. The average Bonchev–Trinajstić information content (AvgIpc) is 2.75. The number of nitrogens with one attached hydrogen (secondary N) is 2. The Balaban J connectivity index is 1.82. The van der Waals surface area contributed by atoms with Gasteiger partial charge in [-0.25, -0.2) is 0 Å². The number of amides is 1. The highest BCUT2D eigenvalue weighted by molar-refractivity contribution is 5.82. The fourth-order valence-corrected chi connectivity index (χ4v) is 2.76. The van der Waals surface area contributed by atoms with Gasteiger partial charge in [0.1, 0.15) is 0 Å². The fourth-order valence-electron chi connectivity index (χ4n) is 2.76. The molecule has 4 heteroatoms. The normalized spacial score (nSPS) is 36.2. The van der Waals surface area contributed by atoms with Gasteiger partial charge in [0, 0.05) is 12.6 Å². The molecule has 16 heavy (non-hydrogen) atoms. The topological polar surface area (TPSA) is 44.4 Å². The molecule has 92 valence electrons. The van der Waals surface area contributed by atoms with Crippen molar-refractivity contribution < 1.29 is 4.79 Å². The number of hydrogen-bond donors (Lipinski definition) is 2. The van der Waals surface area contributed by atoms with Gasteiger partial charge in [0.25, 0.3) is 0 Å². The van der Waals surface area contributed by atoms with Crippen molar-refractivity contribution in [1.29, 1.82) is 0 Å². The summed E-state index contributed by atoms with van der Waals surface area (Å²) in [6.07, 6.45) is 3.20. The quantitative estimate of drug-likeness (QED) is 0.705. The van der Waals surface area contributed by atoms with Crippen molar-refractivity contribution in [2.24, 2.45) is 5.92 Å². The smallest absolute Gasteiger partial charge is 0.237 e. The molecule has 2 N–H and O–H groups in total. The highest BCUT2D eigenvalue weighted by Gasteiger charge is 2.29. The van der Waals surface area contributed by atoms with Gasteiger partial charge < -0.3 is 15.5 Å². The first kappa shape index (κ1) is 11.9. The second-order valence-electron chi connectivity index (χ2n) is 5.29. The molecule has 0 aromatic heterocycles. The molecule has 0 saturated carbocycles. The van der Waals surface area contributed by atoms with E-state index in [0.717, 1.165) is 38.9 Å². The highest BCUT2D eigenvalue weighted by Crippen LogP contribution is 2.16. The van der Waals surface area contributed by atoms with Crippen LogP contribution in [-0.4, -0.2) is 49.6 Å². The van der Waals surface area contributed by atoms with E-state index in [-0.39, 0.29) is 11.9 Å². The molecule has 2 heterocycles. The molecule has 3 atom stereocenters. The van der Waals surface area contributed by atoms with Crippen molar-refractivity contribution in [3.63, 3.8) is 0 Å². The zero-order valence-electron chi connectivity index (χ0n) is 10.3. The van der Waals surface area contributed by atoms with Crippen LogP contribution in [0.3, 0.4) is 0 Å². The van der Waals surface area contributed by atoms with Crippen molar-refractivity contribution >= 4 is 5.91 Å². The van der Waals surface area contributed by atoms with E-state index in [1.54, 1.807) is 0 Å².